The Morgan fingerprint density at radius 3 is 2.39 bits per heavy atom. The van der Waals surface area contributed by atoms with Crippen LogP contribution in [0.1, 0.15) is 18.1 Å². The molecule has 0 saturated carbocycles. The van der Waals surface area contributed by atoms with E-state index in [1.165, 1.54) is 24.3 Å². The average Bonchev–Trinajstić information content (AvgIpc) is 2.88. The number of imide groups is 1. The maximum atomic E-state index is 12.7. The van der Waals surface area contributed by atoms with E-state index in [9.17, 15) is 23.2 Å². The fraction of sp³-hybridized carbons (Fsp3) is 0.211. The Morgan fingerprint density at radius 2 is 1.79 bits per heavy atom. The lowest BCUT2D eigenvalue weighted by Gasteiger charge is -2.22. The second kappa shape index (κ2) is 7.63. The van der Waals surface area contributed by atoms with E-state index in [0.29, 0.717) is 16.1 Å². The van der Waals surface area contributed by atoms with E-state index in [0.717, 1.165) is 0 Å². The second-order valence-electron chi connectivity index (χ2n) is 6.30. The maximum absolute atomic E-state index is 12.7. The summed E-state index contributed by atoms with van der Waals surface area (Å²) in [6, 6.07) is 13.4. The highest BCUT2D eigenvalue weighted by Gasteiger charge is 2.49. The molecule has 146 valence electrons. The maximum Gasteiger partial charge on any atom is 0.387 e. The van der Waals surface area contributed by atoms with Gasteiger partial charge in [-0.15, -0.1) is 0 Å². The number of urea groups is 1. The number of ether oxygens (including phenoxy) is 1. The first-order valence-electron chi connectivity index (χ1n) is 8.35. The van der Waals surface area contributed by atoms with E-state index in [1.54, 1.807) is 37.3 Å². The van der Waals surface area contributed by atoms with Crippen LogP contribution in [0.2, 0.25) is 0 Å². The van der Waals surface area contributed by atoms with Crippen LogP contribution in [0.25, 0.3) is 0 Å². The highest BCUT2D eigenvalue weighted by atomic mass is 19.3. The van der Waals surface area contributed by atoms with Gasteiger partial charge < -0.3 is 10.1 Å². The Labute approximate surface area is 159 Å². The zero-order valence-electron chi connectivity index (χ0n) is 14.8. The molecule has 2 aromatic carbocycles. The van der Waals surface area contributed by atoms with E-state index < -0.39 is 30.0 Å². The first-order valence-corrected chi connectivity index (χ1v) is 8.35. The van der Waals surface area contributed by atoms with Gasteiger partial charge in [-0.25, -0.2) is 4.79 Å². The fourth-order valence-electron chi connectivity index (χ4n) is 2.85. The standard InChI is InChI=1S/C19H17F2N3O4/c1-19(13-5-3-2-4-6-13)16(26)24(18(27)22-19)23-15(25)11-12-7-9-14(10-8-12)28-17(20)21/h2-10,17H,11H2,1H3,(H,22,27)(H,23,25). The van der Waals surface area contributed by atoms with Crippen LogP contribution in [-0.2, 0) is 21.5 Å². The van der Waals surface area contributed by atoms with Gasteiger partial charge in [0.05, 0.1) is 6.42 Å². The number of rotatable bonds is 6. The molecule has 9 heteroatoms. The normalized spacial score (nSPS) is 18.9. The van der Waals surface area contributed by atoms with Crippen LogP contribution < -0.4 is 15.5 Å². The van der Waals surface area contributed by atoms with Crippen LogP contribution in [0.5, 0.6) is 5.75 Å². The summed E-state index contributed by atoms with van der Waals surface area (Å²) in [6.07, 6.45) is -0.159. The summed E-state index contributed by atoms with van der Waals surface area (Å²) in [5.74, 6) is -1.26. The van der Waals surface area contributed by atoms with Gasteiger partial charge in [0, 0.05) is 0 Å². The zero-order chi connectivity index (χ0) is 20.3. The molecule has 2 N–H and O–H groups in total. The van der Waals surface area contributed by atoms with Crippen molar-refractivity contribution in [1.29, 1.82) is 0 Å². The van der Waals surface area contributed by atoms with Gasteiger partial charge in [-0.3, -0.25) is 15.0 Å². The largest absolute Gasteiger partial charge is 0.435 e. The quantitative estimate of drug-likeness (QED) is 0.743. The van der Waals surface area contributed by atoms with Gasteiger partial charge in [0.25, 0.3) is 5.91 Å². The van der Waals surface area contributed by atoms with Crippen LogP contribution in [0.15, 0.2) is 54.6 Å². The second-order valence-corrected chi connectivity index (χ2v) is 6.30. The SMILES string of the molecule is CC1(c2ccccc2)NC(=O)N(NC(=O)Cc2ccc(OC(F)F)cc2)C1=O. The minimum Gasteiger partial charge on any atom is -0.435 e. The molecule has 1 unspecified atom stereocenters. The van der Waals surface area contributed by atoms with Gasteiger partial charge >= 0.3 is 12.6 Å². The number of halogens is 2. The number of carbonyl (C=O) groups excluding carboxylic acids is 3. The summed E-state index contributed by atoms with van der Waals surface area (Å²) in [5.41, 5.74) is 2.07. The summed E-state index contributed by atoms with van der Waals surface area (Å²) in [4.78, 5) is 37.1. The molecule has 1 fully saturated rings. The van der Waals surface area contributed by atoms with Gasteiger partial charge in [0.2, 0.25) is 5.91 Å². The smallest absolute Gasteiger partial charge is 0.387 e. The molecule has 4 amide bonds. The summed E-state index contributed by atoms with van der Waals surface area (Å²) < 4.78 is 28.5. The molecule has 0 aliphatic carbocycles. The minimum atomic E-state index is -2.94. The number of hydrazine groups is 1. The van der Waals surface area contributed by atoms with E-state index in [1.807, 2.05) is 0 Å². The molecule has 1 aliphatic heterocycles. The monoisotopic (exact) mass is 389 g/mol. The Bertz CT molecular complexity index is 890. The van der Waals surface area contributed by atoms with Gasteiger partial charge in [-0.05, 0) is 30.2 Å². The predicted octanol–water partition coefficient (Wildman–Crippen LogP) is 2.33. The number of alkyl halides is 2. The van der Waals surface area contributed by atoms with Crippen LogP contribution in [0.4, 0.5) is 13.6 Å². The number of carbonyl (C=O) groups is 3. The Hall–Kier alpha value is -3.49. The first-order chi connectivity index (χ1) is 13.3. The lowest BCUT2D eigenvalue weighted by Crippen LogP contribution is -2.48. The van der Waals surface area contributed by atoms with Crippen molar-refractivity contribution in [3.05, 3.63) is 65.7 Å². The number of hydrogen-bond donors (Lipinski definition) is 2. The molecule has 1 atom stereocenters. The molecule has 0 aromatic heterocycles. The van der Waals surface area contributed by atoms with Gasteiger partial charge in [-0.2, -0.15) is 13.8 Å². The molecule has 1 heterocycles. The molecule has 0 bridgehead atoms. The third-order valence-electron chi connectivity index (χ3n) is 4.29. The molecular weight excluding hydrogens is 372 g/mol. The number of benzene rings is 2. The highest BCUT2D eigenvalue weighted by Crippen LogP contribution is 2.27. The molecule has 0 spiro atoms. The molecule has 2 aromatic rings. The summed E-state index contributed by atoms with van der Waals surface area (Å²) >= 11 is 0. The van der Waals surface area contributed by atoms with E-state index in [4.69, 9.17) is 0 Å². The van der Waals surface area contributed by atoms with Crippen molar-refractivity contribution in [2.75, 3.05) is 0 Å². The van der Waals surface area contributed by atoms with Gasteiger partial charge in [-0.1, -0.05) is 42.5 Å². The number of nitrogens with one attached hydrogen (secondary N) is 2. The van der Waals surface area contributed by atoms with Crippen molar-refractivity contribution in [1.82, 2.24) is 15.8 Å². The van der Waals surface area contributed by atoms with Crippen molar-refractivity contribution in [2.24, 2.45) is 0 Å². The van der Waals surface area contributed by atoms with E-state index in [-0.39, 0.29) is 12.2 Å². The van der Waals surface area contributed by atoms with Gasteiger partial charge in [0.15, 0.2) is 0 Å². The predicted molar refractivity (Wildman–Crippen MR) is 94.1 cm³/mol. The van der Waals surface area contributed by atoms with E-state index in [2.05, 4.69) is 15.5 Å². The fourth-order valence-corrected chi connectivity index (χ4v) is 2.85. The van der Waals surface area contributed by atoms with Crippen molar-refractivity contribution in [3.8, 4) is 5.75 Å². The highest BCUT2D eigenvalue weighted by molar-refractivity contribution is 6.08. The molecule has 1 saturated heterocycles. The minimum absolute atomic E-state index is 0.0353. The van der Waals surface area contributed by atoms with Crippen LogP contribution in [0.3, 0.4) is 0 Å². The summed E-state index contributed by atoms with van der Waals surface area (Å²) in [7, 11) is 0. The van der Waals surface area contributed by atoms with Crippen molar-refractivity contribution < 1.29 is 27.9 Å². The third-order valence-corrected chi connectivity index (χ3v) is 4.29. The lowest BCUT2D eigenvalue weighted by atomic mass is 9.92. The summed E-state index contributed by atoms with van der Waals surface area (Å²) in [5, 5.41) is 3.22. The number of amides is 4. The number of nitrogens with zero attached hydrogens (tertiary/aromatic N) is 1. The van der Waals surface area contributed by atoms with Gasteiger partial charge in [0.1, 0.15) is 11.3 Å². The Balaban J connectivity index is 1.65. The molecule has 0 radical (unpaired) electrons. The molecular formula is C19H17F2N3O4. The van der Waals surface area contributed by atoms with Crippen molar-refractivity contribution >= 4 is 17.8 Å². The van der Waals surface area contributed by atoms with Crippen molar-refractivity contribution in [2.45, 2.75) is 25.5 Å². The van der Waals surface area contributed by atoms with Crippen LogP contribution in [-0.4, -0.2) is 29.5 Å². The number of hydrogen-bond acceptors (Lipinski definition) is 4. The molecule has 1 aliphatic rings. The molecule has 3 rings (SSSR count). The molecule has 28 heavy (non-hydrogen) atoms. The summed E-state index contributed by atoms with van der Waals surface area (Å²) in [6.45, 7) is -1.39. The Morgan fingerprint density at radius 1 is 1.14 bits per heavy atom. The lowest BCUT2D eigenvalue weighted by molar-refractivity contribution is -0.138. The molecule has 7 nitrogen and oxygen atoms in total. The van der Waals surface area contributed by atoms with E-state index >= 15 is 0 Å². The van der Waals surface area contributed by atoms with Crippen molar-refractivity contribution in [3.63, 3.8) is 0 Å². The topological polar surface area (TPSA) is 87.7 Å². The zero-order valence-corrected chi connectivity index (χ0v) is 14.8. The van der Waals surface area contributed by atoms with Crippen LogP contribution >= 0.6 is 0 Å². The third kappa shape index (κ3) is 3.93. The Kier molecular flexibility index (Phi) is 5.25. The van der Waals surface area contributed by atoms with Crippen LogP contribution in [0, 0.1) is 0 Å². The average molecular weight is 389 g/mol. The first kappa shape index (κ1) is 19.3.